The van der Waals surface area contributed by atoms with Gasteiger partial charge in [-0.15, -0.1) is 0 Å². The number of carbonyl (C=O) groups excluding carboxylic acids is 1. The molecule has 0 atom stereocenters. The zero-order valence-electron chi connectivity index (χ0n) is 13.4. The third kappa shape index (κ3) is 4.35. The SMILES string of the molecule is CSCCC(=O)N1CCN(S(=O)(=O)N2CCN(C)CC2)CC1. The van der Waals surface area contributed by atoms with Crippen LogP contribution in [0.3, 0.4) is 0 Å². The summed E-state index contributed by atoms with van der Waals surface area (Å²) in [4.78, 5) is 15.9. The first kappa shape index (κ1) is 18.0. The minimum Gasteiger partial charge on any atom is -0.340 e. The Kier molecular flexibility index (Phi) is 6.51. The molecule has 2 aliphatic heterocycles. The predicted molar refractivity (Wildman–Crippen MR) is 89.1 cm³/mol. The van der Waals surface area contributed by atoms with E-state index in [4.69, 9.17) is 0 Å². The van der Waals surface area contributed by atoms with Crippen LogP contribution in [-0.4, -0.2) is 104 Å². The van der Waals surface area contributed by atoms with Gasteiger partial charge in [-0.2, -0.15) is 28.8 Å². The summed E-state index contributed by atoms with van der Waals surface area (Å²) in [5, 5.41) is 0. The van der Waals surface area contributed by atoms with Gasteiger partial charge in [-0.1, -0.05) is 0 Å². The Balaban J connectivity index is 1.86. The first-order valence-electron chi connectivity index (χ1n) is 7.65. The first-order valence-corrected chi connectivity index (χ1v) is 10.4. The van der Waals surface area contributed by atoms with E-state index < -0.39 is 10.2 Å². The molecule has 0 saturated carbocycles. The second kappa shape index (κ2) is 7.96. The molecule has 0 radical (unpaired) electrons. The van der Waals surface area contributed by atoms with Crippen LogP contribution in [0.2, 0.25) is 0 Å². The topological polar surface area (TPSA) is 64.2 Å². The van der Waals surface area contributed by atoms with E-state index >= 15 is 0 Å². The summed E-state index contributed by atoms with van der Waals surface area (Å²) in [5.74, 6) is 0.949. The van der Waals surface area contributed by atoms with Gasteiger partial charge in [0.1, 0.15) is 0 Å². The van der Waals surface area contributed by atoms with E-state index in [2.05, 4.69) is 4.90 Å². The number of carbonyl (C=O) groups is 1. The van der Waals surface area contributed by atoms with Crippen molar-refractivity contribution < 1.29 is 13.2 Å². The van der Waals surface area contributed by atoms with Crippen LogP contribution in [0.25, 0.3) is 0 Å². The Hall–Kier alpha value is -0.350. The standard InChI is InChI=1S/C13H26N4O3S2/c1-14-4-8-16(9-5-14)22(19,20)17-10-6-15(7-11-17)13(18)3-12-21-2/h3-12H2,1-2H3. The van der Waals surface area contributed by atoms with Gasteiger partial charge in [0.05, 0.1) is 0 Å². The Labute approximate surface area is 137 Å². The molecular weight excluding hydrogens is 324 g/mol. The van der Waals surface area contributed by atoms with Crippen LogP contribution in [0.4, 0.5) is 0 Å². The molecule has 2 saturated heterocycles. The Morgan fingerprint density at radius 3 is 1.95 bits per heavy atom. The van der Waals surface area contributed by atoms with E-state index in [0.29, 0.717) is 45.7 Å². The molecule has 2 aliphatic rings. The largest absolute Gasteiger partial charge is 0.340 e. The molecule has 2 rings (SSSR count). The average molecular weight is 351 g/mol. The molecule has 0 aromatic heterocycles. The molecule has 0 unspecified atom stereocenters. The fourth-order valence-corrected chi connectivity index (χ4v) is 4.65. The predicted octanol–water partition coefficient (Wildman–Crippen LogP) is -0.624. The maximum Gasteiger partial charge on any atom is 0.282 e. The summed E-state index contributed by atoms with van der Waals surface area (Å²) in [6.45, 7) is 4.44. The number of hydrogen-bond donors (Lipinski definition) is 0. The lowest BCUT2D eigenvalue weighted by molar-refractivity contribution is -0.131. The molecule has 0 aromatic carbocycles. The van der Waals surface area contributed by atoms with Crippen molar-refractivity contribution in [3.05, 3.63) is 0 Å². The molecule has 0 spiro atoms. The van der Waals surface area contributed by atoms with Gasteiger partial charge in [0, 0.05) is 64.5 Å². The average Bonchev–Trinajstić information content (AvgIpc) is 2.53. The van der Waals surface area contributed by atoms with Gasteiger partial charge in [-0.05, 0) is 13.3 Å². The number of likely N-dealkylation sites (N-methyl/N-ethyl adjacent to an activating group) is 1. The van der Waals surface area contributed by atoms with E-state index in [1.165, 1.54) is 4.31 Å². The minimum atomic E-state index is -3.38. The summed E-state index contributed by atoms with van der Waals surface area (Å²) in [5.41, 5.74) is 0. The second-order valence-corrected chi connectivity index (χ2v) is 8.65. The molecule has 2 fully saturated rings. The third-order valence-electron chi connectivity index (χ3n) is 4.23. The quantitative estimate of drug-likeness (QED) is 0.661. The zero-order chi connectivity index (χ0) is 16.2. The monoisotopic (exact) mass is 350 g/mol. The molecule has 9 heteroatoms. The van der Waals surface area contributed by atoms with Crippen molar-refractivity contribution in [1.82, 2.24) is 18.4 Å². The summed E-state index contributed by atoms with van der Waals surface area (Å²) >= 11 is 1.65. The number of thioether (sulfide) groups is 1. The lowest BCUT2D eigenvalue weighted by atomic mass is 10.3. The highest BCUT2D eigenvalue weighted by molar-refractivity contribution is 7.98. The number of amides is 1. The van der Waals surface area contributed by atoms with Gasteiger partial charge >= 0.3 is 0 Å². The van der Waals surface area contributed by atoms with Gasteiger partial charge in [-0.25, -0.2) is 0 Å². The van der Waals surface area contributed by atoms with Gasteiger partial charge in [0.15, 0.2) is 0 Å². The van der Waals surface area contributed by atoms with E-state index in [9.17, 15) is 13.2 Å². The van der Waals surface area contributed by atoms with Crippen molar-refractivity contribution >= 4 is 27.9 Å². The van der Waals surface area contributed by atoms with Gasteiger partial charge in [0.25, 0.3) is 10.2 Å². The van der Waals surface area contributed by atoms with Crippen molar-refractivity contribution in [2.24, 2.45) is 0 Å². The molecule has 22 heavy (non-hydrogen) atoms. The van der Waals surface area contributed by atoms with Crippen molar-refractivity contribution in [1.29, 1.82) is 0 Å². The van der Waals surface area contributed by atoms with Gasteiger partial charge in [0.2, 0.25) is 5.91 Å². The summed E-state index contributed by atoms with van der Waals surface area (Å²) in [6, 6.07) is 0. The summed E-state index contributed by atoms with van der Waals surface area (Å²) in [6.07, 6.45) is 2.51. The van der Waals surface area contributed by atoms with Crippen molar-refractivity contribution in [2.45, 2.75) is 6.42 Å². The smallest absolute Gasteiger partial charge is 0.282 e. The molecule has 0 N–H and O–H groups in total. The van der Waals surface area contributed by atoms with Crippen molar-refractivity contribution in [3.63, 3.8) is 0 Å². The van der Waals surface area contributed by atoms with Gasteiger partial charge < -0.3 is 9.80 Å². The van der Waals surface area contributed by atoms with Crippen LogP contribution in [0, 0.1) is 0 Å². The van der Waals surface area contributed by atoms with Crippen molar-refractivity contribution in [2.75, 3.05) is 71.4 Å². The lowest BCUT2D eigenvalue weighted by Gasteiger charge is -2.39. The van der Waals surface area contributed by atoms with Crippen LogP contribution >= 0.6 is 11.8 Å². The molecule has 7 nitrogen and oxygen atoms in total. The molecular formula is C13H26N4O3S2. The van der Waals surface area contributed by atoms with Crippen LogP contribution in [0.15, 0.2) is 0 Å². The summed E-state index contributed by atoms with van der Waals surface area (Å²) < 4.78 is 28.3. The Morgan fingerprint density at radius 1 is 0.955 bits per heavy atom. The van der Waals surface area contributed by atoms with E-state index in [-0.39, 0.29) is 5.91 Å². The molecule has 2 heterocycles. The Bertz CT molecular complexity index is 470. The molecule has 0 aliphatic carbocycles. The minimum absolute atomic E-state index is 0.131. The maximum absolute atomic E-state index is 12.6. The third-order valence-corrected chi connectivity index (χ3v) is 6.87. The number of piperazine rings is 2. The lowest BCUT2D eigenvalue weighted by Crippen LogP contribution is -2.57. The van der Waals surface area contributed by atoms with E-state index in [1.54, 1.807) is 21.0 Å². The first-order chi connectivity index (χ1) is 10.4. The zero-order valence-corrected chi connectivity index (χ0v) is 15.0. The maximum atomic E-state index is 12.6. The number of nitrogens with zero attached hydrogens (tertiary/aromatic N) is 4. The number of hydrogen-bond acceptors (Lipinski definition) is 5. The molecule has 0 aromatic rings. The highest BCUT2D eigenvalue weighted by atomic mass is 32.2. The summed E-state index contributed by atoms with van der Waals surface area (Å²) in [7, 11) is -1.37. The second-order valence-electron chi connectivity index (χ2n) is 5.73. The van der Waals surface area contributed by atoms with E-state index in [1.807, 2.05) is 13.3 Å². The number of rotatable bonds is 5. The highest BCUT2D eigenvalue weighted by Crippen LogP contribution is 2.15. The van der Waals surface area contributed by atoms with E-state index in [0.717, 1.165) is 18.8 Å². The van der Waals surface area contributed by atoms with Crippen LogP contribution < -0.4 is 0 Å². The van der Waals surface area contributed by atoms with Crippen LogP contribution in [-0.2, 0) is 15.0 Å². The molecule has 128 valence electrons. The highest BCUT2D eigenvalue weighted by Gasteiger charge is 2.34. The van der Waals surface area contributed by atoms with Crippen LogP contribution in [0.1, 0.15) is 6.42 Å². The Morgan fingerprint density at radius 2 is 1.45 bits per heavy atom. The van der Waals surface area contributed by atoms with Crippen LogP contribution in [0.5, 0.6) is 0 Å². The normalized spacial score (nSPS) is 22.9. The van der Waals surface area contributed by atoms with Gasteiger partial charge in [-0.3, -0.25) is 4.79 Å². The molecule has 1 amide bonds. The van der Waals surface area contributed by atoms with Crippen molar-refractivity contribution in [3.8, 4) is 0 Å². The fraction of sp³-hybridized carbons (Fsp3) is 0.923. The molecule has 0 bridgehead atoms. The fourth-order valence-electron chi connectivity index (χ4n) is 2.70.